The molecule has 8 nitrogen and oxygen atoms in total. The lowest BCUT2D eigenvalue weighted by atomic mass is 9.73. The molecule has 0 saturated carbocycles. The highest BCUT2D eigenvalue weighted by Crippen LogP contribution is 2.33. The molecule has 0 saturated heterocycles. The van der Waals surface area contributed by atoms with Gasteiger partial charge in [0.05, 0.1) is 37.3 Å². The smallest absolute Gasteiger partial charge is 0.309 e. The standard InChI is InChI=1S/C26H34ClNO7/c1-14-12-33-13-18(27)7-9-20(17-6-8-21-19(10-17)28-16(3)34-21)35-23(30)11-22(29)26(4,5)25(32)15(2)24(14)31/h6-8,10,14-15,20,22,24,29,31H,9,11-13H2,1-5H3/b18-7+/t14-,15+,20-,22+,24-/m0/s1. The maximum absolute atomic E-state index is 13.1. The summed E-state index contributed by atoms with van der Waals surface area (Å²) in [7, 11) is 0. The summed E-state index contributed by atoms with van der Waals surface area (Å²) in [5, 5.41) is 21.9. The number of esters is 1. The van der Waals surface area contributed by atoms with Gasteiger partial charge in [0.1, 0.15) is 17.4 Å². The Bertz CT molecular complexity index is 1090. The number of halogens is 1. The summed E-state index contributed by atoms with van der Waals surface area (Å²) in [6.07, 6.45) is -1.36. The highest BCUT2D eigenvalue weighted by Gasteiger charge is 2.42. The summed E-state index contributed by atoms with van der Waals surface area (Å²) in [5.74, 6) is -1.58. The summed E-state index contributed by atoms with van der Waals surface area (Å²) in [5.41, 5.74) is 0.674. The van der Waals surface area contributed by atoms with Gasteiger partial charge in [-0.15, -0.1) is 0 Å². The number of nitrogens with zero attached hydrogens (tertiary/aromatic N) is 1. The predicted molar refractivity (Wildman–Crippen MR) is 131 cm³/mol. The number of fused-ring (bicyclic) bond motifs is 1. The van der Waals surface area contributed by atoms with Crippen molar-refractivity contribution in [1.29, 1.82) is 0 Å². The number of aromatic nitrogens is 1. The number of ether oxygens (including phenoxy) is 2. The molecule has 0 bridgehead atoms. The third kappa shape index (κ3) is 6.50. The normalized spacial score (nSPS) is 31.1. The van der Waals surface area contributed by atoms with E-state index in [9.17, 15) is 19.8 Å². The van der Waals surface area contributed by atoms with E-state index >= 15 is 0 Å². The molecule has 0 aliphatic carbocycles. The van der Waals surface area contributed by atoms with Crippen LogP contribution in [0.15, 0.2) is 33.7 Å². The first kappa shape index (κ1) is 27.3. The van der Waals surface area contributed by atoms with Crippen molar-refractivity contribution in [3.05, 3.63) is 40.8 Å². The average molecular weight is 508 g/mol. The predicted octanol–water partition coefficient (Wildman–Crippen LogP) is 4.24. The van der Waals surface area contributed by atoms with E-state index in [1.807, 2.05) is 0 Å². The largest absolute Gasteiger partial charge is 0.457 e. The van der Waals surface area contributed by atoms with Crippen molar-refractivity contribution in [2.75, 3.05) is 13.2 Å². The molecule has 2 N–H and O–H groups in total. The van der Waals surface area contributed by atoms with Crippen molar-refractivity contribution < 1.29 is 33.7 Å². The van der Waals surface area contributed by atoms with Gasteiger partial charge >= 0.3 is 5.97 Å². The molecule has 9 heteroatoms. The number of aliphatic hydroxyl groups excluding tert-OH is 2. The number of cyclic esters (lactones) is 1. The van der Waals surface area contributed by atoms with Crippen LogP contribution >= 0.6 is 11.6 Å². The molecule has 0 fully saturated rings. The van der Waals surface area contributed by atoms with E-state index in [0.717, 1.165) is 0 Å². The van der Waals surface area contributed by atoms with E-state index in [0.29, 0.717) is 27.6 Å². The molecular weight excluding hydrogens is 474 g/mol. The molecule has 192 valence electrons. The van der Waals surface area contributed by atoms with Crippen LogP contribution in [-0.2, 0) is 19.1 Å². The minimum absolute atomic E-state index is 0.118. The quantitative estimate of drug-likeness (QED) is 0.550. The molecule has 0 amide bonds. The minimum Gasteiger partial charge on any atom is -0.457 e. The molecule has 5 atom stereocenters. The van der Waals surface area contributed by atoms with Crippen LogP contribution in [-0.4, -0.2) is 52.4 Å². The van der Waals surface area contributed by atoms with Crippen LogP contribution in [0.2, 0.25) is 0 Å². The van der Waals surface area contributed by atoms with Gasteiger partial charge in [-0.3, -0.25) is 9.59 Å². The molecule has 2 heterocycles. The van der Waals surface area contributed by atoms with E-state index in [2.05, 4.69) is 4.98 Å². The molecule has 1 aliphatic heterocycles. The molecule has 3 rings (SSSR count). The van der Waals surface area contributed by atoms with Crippen molar-refractivity contribution >= 4 is 34.5 Å². The van der Waals surface area contributed by atoms with Gasteiger partial charge in [-0.25, -0.2) is 4.98 Å². The Balaban J connectivity index is 1.91. The number of ketones is 1. The second-order valence-corrected chi connectivity index (χ2v) is 10.4. The first-order chi connectivity index (χ1) is 16.4. The SMILES string of the molecule is Cc1nc2cc([C@@H]3C/C=C(/Cl)COC[C@H](C)[C@H](O)[C@@H](C)C(=O)C(C)(C)[C@H](O)CC(=O)O3)ccc2o1. The topological polar surface area (TPSA) is 119 Å². The number of carbonyl (C=O) groups excluding carboxylic acids is 2. The molecule has 1 aromatic heterocycles. The van der Waals surface area contributed by atoms with Crippen LogP contribution in [0.3, 0.4) is 0 Å². The number of oxazole rings is 1. The molecule has 0 unspecified atom stereocenters. The molecule has 0 radical (unpaired) electrons. The molecular formula is C26H34ClNO7. The third-order valence-corrected chi connectivity index (χ3v) is 6.94. The van der Waals surface area contributed by atoms with Gasteiger partial charge in [-0.1, -0.05) is 51.4 Å². The van der Waals surface area contributed by atoms with Crippen molar-refractivity contribution in [3.8, 4) is 0 Å². The van der Waals surface area contributed by atoms with Gasteiger partial charge in [0.2, 0.25) is 0 Å². The van der Waals surface area contributed by atoms with Crippen LogP contribution in [0.1, 0.15) is 58.1 Å². The summed E-state index contributed by atoms with van der Waals surface area (Å²) in [6.45, 7) is 8.61. The zero-order valence-electron chi connectivity index (χ0n) is 20.8. The van der Waals surface area contributed by atoms with Crippen molar-refractivity contribution in [2.45, 2.75) is 65.8 Å². The number of carbonyl (C=O) groups is 2. The number of Topliss-reactive ketones (excluding diaryl/α,β-unsaturated/α-hetero) is 1. The highest BCUT2D eigenvalue weighted by atomic mass is 35.5. The zero-order valence-corrected chi connectivity index (χ0v) is 21.5. The zero-order chi connectivity index (χ0) is 25.9. The molecule has 1 aromatic carbocycles. The molecule has 2 aromatic rings. The fourth-order valence-corrected chi connectivity index (χ4v) is 4.43. The van der Waals surface area contributed by atoms with Gasteiger partial charge in [0, 0.05) is 30.2 Å². The Labute approximate surface area is 210 Å². The third-order valence-electron chi connectivity index (χ3n) is 6.68. The number of hydrogen-bond acceptors (Lipinski definition) is 8. The maximum Gasteiger partial charge on any atom is 0.309 e. The Morgan fingerprint density at radius 2 is 1.89 bits per heavy atom. The van der Waals surface area contributed by atoms with E-state index in [4.69, 9.17) is 25.5 Å². The van der Waals surface area contributed by atoms with Gasteiger partial charge in [0.25, 0.3) is 0 Å². The van der Waals surface area contributed by atoms with Gasteiger partial charge in [-0.05, 0) is 17.7 Å². The first-order valence-corrected chi connectivity index (χ1v) is 12.2. The van der Waals surface area contributed by atoms with E-state index < -0.39 is 35.6 Å². The lowest BCUT2D eigenvalue weighted by molar-refractivity contribution is -0.156. The fourth-order valence-electron chi connectivity index (χ4n) is 4.27. The van der Waals surface area contributed by atoms with Crippen molar-refractivity contribution in [3.63, 3.8) is 0 Å². The number of benzene rings is 1. The Morgan fingerprint density at radius 3 is 2.60 bits per heavy atom. The summed E-state index contributed by atoms with van der Waals surface area (Å²) >= 11 is 6.34. The Morgan fingerprint density at radius 1 is 1.17 bits per heavy atom. The van der Waals surface area contributed by atoms with E-state index in [1.165, 1.54) is 0 Å². The van der Waals surface area contributed by atoms with Crippen LogP contribution in [0.4, 0.5) is 0 Å². The summed E-state index contributed by atoms with van der Waals surface area (Å²) < 4.78 is 16.9. The number of aliphatic hydroxyl groups is 2. The fraction of sp³-hybridized carbons (Fsp3) is 0.577. The Kier molecular flexibility index (Phi) is 8.75. The van der Waals surface area contributed by atoms with Crippen molar-refractivity contribution in [1.82, 2.24) is 4.98 Å². The molecule has 1 aliphatic rings. The van der Waals surface area contributed by atoms with Gasteiger partial charge < -0.3 is 24.1 Å². The minimum atomic E-state index is -1.29. The number of hydrogen-bond donors (Lipinski definition) is 2. The average Bonchev–Trinajstić information content (AvgIpc) is 3.18. The van der Waals surface area contributed by atoms with Crippen molar-refractivity contribution in [2.24, 2.45) is 17.3 Å². The molecule has 35 heavy (non-hydrogen) atoms. The van der Waals surface area contributed by atoms with Crippen LogP contribution in [0, 0.1) is 24.2 Å². The maximum atomic E-state index is 13.1. The second kappa shape index (κ2) is 11.2. The number of rotatable bonds is 1. The van der Waals surface area contributed by atoms with E-state index in [-0.39, 0.29) is 37.8 Å². The summed E-state index contributed by atoms with van der Waals surface area (Å²) in [4.78, 5) is 30.3. The van der Waals surface area contributed by atoms with Gasteiger partial charge in [0.15, 0.2) is 11.5 Å². The van der Waals surface area contributed by atoms with Crippen LogP contribution in [0.25, 0.3) is 11.1 Å². The molecule has 0 spiro atoms. The highest BCUT2D eigenvalue weighted by molar-refractivity contribution is 6.29. The Hall–Kier alpha value is -2.26. The second-order valence-electron chi connectivity index (χ2n) is 9.90. The van der Waals surface area contributed by atoms with E-state index in [1.54, 1.807) is 58.9 Å². The lowest BCUT2D eigenvalue weighted by Gasteiger charge is -2.34. The first-order valence-electron chi connectivity index (χ1n) is 11.8. The van der Waals surface area contributed by atoms with Gasteiger partial charge in [-0.2, -0.15) is 0 Å². The van der Waals surface area contributed by atoms with Crippen LogP contribution in [0.5, 0.6) is 0 Å². The van der Waals surface area contributed by atoms with Crippen LogP contribution < -0.4 is 0 Å². The summed E-state index contributed by atoms with van der Waals surface area (Å²) in [6, 6.07) is 5.34. The lowest BCUT2D eigenvalue weighted by Crippen LogP contribution is -2.46. The monoisotopic (exact) mass is 507 g/mol. The number of aryl methyl sites for hydroxylation is 1.